The Labute approximate surface area is 149 Å². The van der Waals surface area contributed by atoms with Crippen LogP contribution in [0.1, 0.15) is 50.0 Å². The minimum absolute atomic E-state index is 0.173. The standard InChI is InChI=1S/C19H28N2O4/c1-6-11-20-17(22)14(5)25-19(24)16(12(2)3)21-18(23)15-9-7-13(4)8-10-15/h7-10,12,14,16H,6,11H2,1-5H3,(H,20,22)(H,21,23)/t14?,16-/m0/s1. The highest BCUT2D eigenvalue weighted by Gasteiger charge is 2.29. The van der Waals surface area contributed by atoms with E-state index in [1.807, 2.05) is 39.8 Å². The van der Waals surface area contributed by atoms with Crippen molar-refractivity contribution >= 4 is 17.8 Å². The summed E-state index contributed by atoms with van der Waals surface area (Å²) in [7, 11) is 0. The summed E-state index contributed by atoms with van der Waals surface area (Å²) in [6, 6.07) is 6.24. The second-order valence-electron chi connectivity index (χ2n) is 6.43. The highest BCUT2D eigenvalue weighted by atomic mass is 16.5. The molecular formula is C19H28N2O4. The molecule has 2 amide bonds. The molecule has 0 aliphatic rings. The van der Waals surface area contributed by atoms with Gasteiger partial charge in [0.05, 0.1) is 0 Å². The maximum Gasteiger partial charge on any atom is 0.329 e. The minimum atomic E-state index is -0.906. The zero-order valence-corrected chi connectivity index (χ0v) is 15.6. The second kappa shape index (κ2) is 9.81. The lowest BCUT2D eigenvalue weighted by atomic mass is 10.0. The molecule has 0 saturated carbocycles. The highest BCUT2D eigenvalue weighted by Crippen LogP contribution is 2.09. The summed E-state index contributed by atoms with van der Waals surface area (Å²) in [5.74, 6) is -1.48. The Balaban J connectivity index is 2.72. The number of amides is 2. The first kappa shape index (κ1) is 20.7. The molecule has 0 fully saturated rings. The molecular weight excluding hydrogens is 320 g/mol. The Morgan fingerprint density at radius 1 is 1.08 bits per heavy atom. The quantitative estimate of drug-likeness (QED) is 0.706. The first-order valence-electron chi connectivity index (χ1n) is 8.62. The molecule has 6 heteroatoms. The van der Waals surface area contributed by atoms with Gasteiger partial charge in [-0.25, -0.2) is 4.79 Å². The van der Waals surface area contributed by atoms with E-state index < -0.39 is 18.1 Å². The van der Waals surface area contributed by atoms with Gasteiger partial charge in [-0.3, -0.25) is 9.59 Å². The van der Waals surface area contributed by atoms with E-state index in [2.05, 4.69) is 10.6 Å². The van der Waals surface area contributed by atoms with Crippen LogP contribution in [-0.4, -0.2) is 36.5 Å². The summed E-state index contributed by atoms with van der Waals surface area (Å²) < 4.78 is 5.22. The summed E-state index contributed by atoms with van der Waals surface area (Å²) in [5, 5.41) is 5.37. The second-order valence-corrected chi connectivity index (χ2v) is 6.43. The van der Waals surface area contributed by atoms with Gasteiger partial charge in [-0.05, 0) is 38.3 Å². The van der Waals surface area contributed by atoms with E-state index in [9.17, 15) is 14.4 Å². The molecule has 1 aromatic carbocycles. The Hall–Kier alpha value is -2.37. The lowest BCUT2D eigenvalue weighted by molar-refractivity contribution is -0.157. The monoisotopic (exact) mass is 348 g/mol. The number of hydrogen-bond donors (Lipinski definition) is 2. The van der Waals surface area contributed by atoms with Gasteiger partial charge in [-0.2, -0.15) is 0 Å². The molecule has 0 aliphatic carbocycles. The number of esters is 1. The summed E-state index contributed by atoms with van der Waals surface area (Å²) in [6.45, 7) is 9.53. The third kappa shape index (κ3) is 6.57. The fraction of sp³-hybridized carbons (Fsp3) is 0.526. The van der Waals surface area contributed by atoms with E-state index in [0.717, 1.165) is 12.0 Å². The van der Waals surface area contributed by atoms with E-state index >= 15 is 0 Å². The highest BCUT2D eigenvalue weighted by molar-refractivity contribution is 5.97. The molecule has 0 spiro atoms. The van der Waals surface area contributed by atoms with Crippen molar-refractivity contribution in [3.63, 3.8) is 0 Å². The molecule has 1 rings (SSSR count). The van der Waals surface area contributed by atoms with Crippen molar-refractivity contribution in [2.45, 2.75) is 53.2 Å². The lowest BCUT2D eigenvalue weighted by Crippen LogP contribution is -2.47. The van der Waals surface area contributed by atoms with Gasteiger partial charge in [0, 0.05) is 12.1 Å². The molecule has 6 nitrogen and oxygen atoms in total. The first-order valence-corrected chi connectivity index (χ1v) is 8.62. The Morgan fingerprint density at radius 2 is 1.68 bits per heavy atom. The number of rotatable bonds is 8. The summed E-state index contributed by atoms with van der Waals surface area (Å²) in [5.41, 5.74) is 1.51. The molecule has 0 aromatic heterocycles. The van der Waals surface area contributed by atoms with Crippen molar-refractivity contribution in [3.8, 4) is 0 Å². The van der Waals surface area contributed by atoms with Crippen LogP contribution in [-0.2, 0) is 14.3 Å². The number of aryl methyl sites for hydroxylation is 1. The van der Waals surface area contributed by atoms with Crippen LogP contribution in [0.25, 0.3) is 0 Å². The number of carbonyl (C=O) groups excluding carboxylic acids is 3. The Bertz CT molecular complexity index is 596. The fourth-order valence-electron chi connectivity index (χ4n) is 2.12. The Morgan fingerprint density at radius 3 is 2.20 bits per heavy atom. The van der Waals surface area contributed by atoms with Crippen molar-refractivity contribution in [2.24, 2.45) is 5.92 Å². The topological polar surface area (TPSA) is 84.5 Å². The van der Waals surface area contributed by atoms with E-state index in [-0.39, 0.29) is 17.7 Å². The summed E-state index contributed by atoms with van der Waals surface area (Å²) in [4.78, 5) is 36.5. The minimum Gasteiger partial charge on any atom is -0.451 e. The van der Waals surface area contributed by atoms with Crippen LogP contribution in [0.4, 0.5) is 0 Å². The lowest BCUT2D eigenvalue weighted by Gasteiger charge is -2.23. The van der Waals surface area contributed by atoms with E-state index in [4.69, 9.17) is 4.74 Å². The van der Waals surface area contributed by atoms with Crippen molar-refractivity contribution in [2.75, 3.05) is 6.54 Å². The molecule has 0 bridgehead atoms. The predicted octanol–water partition coefficient (Wildman–Crippen LogP) is 2.21. The maximum absolute atomic E-state index is 12.4. The van der Waals surface area contributed by atoms with Gasteiger partial charge in [-0.1, -0.05) is 38.5 Å². The van der Waals surface area contributed by atoms with Crippen molar-refractivity contribution in [3.05, 3.63) is 35.4 Å². The smallest absolute Gasteiger partial charge is 0.329 e. The van der Waals surface area contributed by atoms with Crippen molar-refractivity contribution in [1.29, 1.82) is 0 Å². The Kier molecular flexibility index (Phi) is 8.11. The van der Waals surface area contributed by atoms with Crippen LogP contribution in [0.3, 0.4) is 0 Å². The molecule has 1 aromatic rings. The zero-order valence-electron chi connectivity index (χ0n) is 15.6. The van der Waals surface area contributed by atoms with Gasteiger partial charge < -0.3 is 15.4 Å². The van der Waals surface area contributed by atoms with Crippen LogP contribution >= 0.6 is 0 Å². The normalized spacial score (nSPS) is 13.0. The van der Waals surface area contributed by atoms with E-state index in [1.54, 1.807) is 12.1 Å². The molecule has 0 saturated heterocycles. The third-order valence-electron chi connectivity index (χ3n) is 3.73. The molecule has 0 aliphatic heterocycles. The van der Waals surface area contributed by atoms with Crippen molar-refractivity contribution in [1.82, 2.24) is 10.6 Å². The van der Waals surface area contributed by atoms with Crippen molar-refractivity contribution < 1.29 is 19.1 Å². The average Bonchev–Trinajstić information content (AvgIpc) is 2.57. The predicted molar refractivity (Wildman–Crippen MR) is 96.1 cm³/mol. The zero-order chi connectivity index (χ0) is 19.0. The molecule has 1 unspecified atom stereocenters. The number of benzene rings is 1. The molecule has 25 heavy (non-hydrogen) atoms. The largest absolute Gasteiger partial charge is 0.451 e. The number of nitrogens with one attached hydrogen (secondary N) is 2. The van der Waals surface area contributed by atoms with E-state index in [1.165, 1.54) is 6.92 Å². The van der Waals surface area contributed by atoms with Gasteiger partial charge >= 0.3 is 5.97 Å². The SMILES string of the molecule is CCCNC(=O)C(C)OC(=O)[C@@H](NC(=O)c1ccc(C)cc1)C(C)C. The van der Waals surface area contributed by atoms with Gasteiger partial charge in [0.15, 0.2) is 6.10 Å². The van der Waals surface area contributed by atoms with Gasteiger partial charge in [0.25, 0.3) is 11.8 Å². The number of ether oxygens (including phenoxy) is 1. The van der Waals surface area contributed by atoms with E-state index in [0.29, 0.717) is 12.1 Å². The summed E-state index contributed by atoms with van der Waals surface area (Å²) in [6.07, 6.45) is -0.107. The molecule has 2 atom stereocenters. The molecule has 0 heterocycles. The van der Waals surface area contributed by atoms with Crippen LogP contribution < -0.4 is 10.6 Å². The van der Waals surface area contributed by atoms with Gasteiger partial charge in [-0.15, -0.1) is 0 Å². The van der Waals surface area contributed by atoms with Crippen LogP contribution in [0.5, 0.6) is 0 Å². The molecule has 2 N–H and O–H groups in total. The number of hydrogen-bond acceptors (Lipinski definition) is 4. The molecule has 138 valence electrons. The van der Waals surface area contributed by atoms with Crippen LogP contribution in [0.15, 0.2) is 24.3 Å². The number of carbonyl (C=O) groups is 3. The molecule has 0 radical (unpaired) electrons. The van der Waals surface area contributed by atoms with Crippen LogP contribution in [0.2, 0.25) is 0 Å². The first-order chi connectivity index (χ1) is 11.8. The third-order valence-corrected chi connectivity index (χ3v) is 3.73. The summed E-state index contributed by atoms with van der Waals surface area (Å²) >= 11 is 0. The fourth-order valence-corrected chi connectivity index (χ4v) is 2.12. The average molecular weight is 348 g/mol. The van der Waals surface area contributed by atoms with Crippen LogP contribution in [0, 0.1) is 12.8 Å². The maximum atomic E-state index is 12.4. The van der Waals surface area contributed by atoms with Gasteiger partial charge in [0.2, 0.25) is 0 Å². The van der Waals surface area contributed by atoms with Gasteiger partial charge in [0.1, 0.15) is 6.04 Å².